The normalized spacial score (nSPS) is 36.2. The molecule has 2 rings (SSSR count). The summed E-state index contributed by atoms with van der Waals surface area (Å²) in [7, 11) is -3.32. The molecular formula is C10H20N2O3S. The van der Waals surface area contributed by atoms with E-state index in [1.807, 2.05) is 6.92 Å². The number of hydrogen-bond acceptors (Lipinski definition) is 3. The van der Waals surface area contributed by atoms with Crippen LogP contribution in [-0.4, -0.2) is 43.6 Å². The van der Waals surface area contributed by atoms with E-state index in [4.69, 9.17) is 5.11 Å². The first kappa shape index (κ1) is 12.3. The van der Waals surface area contributed by atoms with E-state index in [-0.39, 0.29) is 18.6 Å². The van der Waals surface area contributed by atoms with Gasteiger partial charge in [0.1, 0.15) is 0 Å². The van der Waals surface area contributed by atoms with Gasteiger partial charge in [0.15, 0.2) is 0 Å². The number of nitrogens with one attached hydrogen (secondary N) is 1. The van der Waals surface area contributed by atoms with Crippen LogP contribution in [0, 0.1) is 11.8 Å². The molecular weight excluding hydrogens is 228 g/mol. The van der Waals surface area contributed by atoms with Gasteiger partial charge in [-0.3, -0.25) is 0 Å². The first-order valence-electron chi connectivity index (χ1n) is 5.91. The quantitative estimate of drug-likeness (QED) is 0.732. The van der Waals surface area contributed by atoms with Gasteiger partial charge in [-0.25, -0.2) is 0 Å². The highest BCUT2D eigenvalue weighted by molar-refractivity contribution is 7.87. The summed E-state index contributed by atoms with van der Waals surface area (Å²) in [5.41, 5.74) is 0. The van der Waals surface area contributed by atoms with E-state index in [0.29, 0.717) is 19.0 Å². The largest absolute Gasteiger partial charge is 0.396 e. The summed E-state index contributed by atoms with van der Waals surface area (Å²) in [6.45, 7) is 3.14. The molecule has 1 heterocycles. The van der Waals surface area contributed by atoms with Crippen molar-refractivity contribution in [3.05, 3.63) is 0 Å². The summed E-state index contributed by atoms with van der Waals surface area (Å²) in [5, 5.41) is 9.07. The monoisotopic (exact) mass is 248 g/mol. The van der Waals surface area contributed by atoms with Crippen LogP contribution in [0.5, 0.6) is 0 Å². The van der Waals surface area contributed by atoms with Gasteiger partial charge in [-0.15, -0.1) is 0 Å². The Hall–Kier alpha value is -0.170. The Balaban J connectivity index is 1.94. The van der Waals surface area contributed by atoms with E-state index < -0.39 is 10.2 Å². The second-order valence-corrected chi connectivity index (χ2v) is 6.69. The maximum absolute atomic E-state index is 12.0. The molecule has 0 aromatic rings. The van der Waals surface area contributed by atoms with Crippen molar-refractivity contribution in [3.8, 4) is 0 Å². The molecule has 2 fully saturated rings. The molecule has 5 nitrogen and oxygen atoms in total. The Morgan fingerprint density at radius 2 is 2.19 bits per heavy atom. The number of nitrogens with zero attached hydrogens (tertiary/aromatic N) is 1. The lowest BCUT2D eigenvalue weighted by Crippen LogP contribution is -2.47. The topological polar surface area (TPSA) is 69.6 Å². The van der Waals surface area contributed by atoms with Crippen molar-refractivity contribution >= 4 is 10.2 Å². The Bertz CT molecular complexity index is 344. The maximum atomic E-state index is 12.0. The zero-order valence-corrected chi connectivity index (χ0v) is 10.4. The molecule has 2 aliphatic rings. The molecule has 94 valence electrons. The summed E-state index contributed by atoms with van der Waals surface area (Å²) >= 11 is 0. The van der Waals surface area contributed by atoms with E-state index in [1.165, 1.54) is 4.31 Å². The highest BCUT2D eigenvalue weighted by Crippen LogP contribution is 2.30. The van der Waals surface area contributed by atoms with Gasteiger partial charge in [-0.2, -0.15) is 17.4 Å². The first-order chi connectivity index (χ1) is 7.53. The van der Waals surface area contributed by atoms with E-state index in [9.17, 15) is 8.42 Å². The first-order valence-corrected chi connectivity index (χ1v) is 7.35. The van der Waals surface area contributed by atoms with Gasteiger partial charge in [0, 0.05) is 25.7 Å². The minimum atomic E-state index is -3.32. The average molecular weight is 248 g/mol. The molecule has 0 bridgehead atoms. The molecule has 1 aliphatic heterocycles. The number of rotatable bonds is 4. The smallest absolute Gasteiger partial charge is 0.279 e. The minimum Gasteiger partial charge on any atom is -0.396 e. The van der Waals surface area contributed by atoms with Gasteiger partial charge < -0.3 is 5.11 Å². The van der Waals surface area contributed by atoms with Crippen molar-refractivity contribution in [2.45, 2.75) is 32.2 Å². The van der Waals surface area contributed by atoms with Crippen LogP contribution in [0.1, 0.15) is 26.2 Å². The summed E-state index contributed by atoms with van der Waals surface area (Å²) in [6, 6.07) is 0.125. The fourth-order valence-corrected chi connectivity index (χ4v) is 3.78. The van der Waals surface area contributed by atoms with Crippen LogP contribution in [0.2, 0.25) is 0 Å². The molecule has 1 saturated heterocycles. The molecule has 0 aromatic heterocycles. The van der Waals surface area contributed by atoms with E-state index in [2.05, 4.69) is 4.72 Å². The summed E-state index contributed by atoms with van der Waals surface area (Å²) in [6.07, 6.45) is 2.70. The molecule has 0 spiro atoms. The van der Waals surface area contributed by atoms with Crippen LogP contribution in [0.4, 0.5) is 0 Å². The zero-order valence-electron chi connectivity index (χ0n) is 9.59. The molecule has 16 heavy (non-hydrogen) atoms. The Morgan fingerprint density at radius 3 is 2.75 bits per heavy atom. The van der Waals surface area contributed by atoms with E-state index in [1.54, 1.807) is 0 Å². The Morgan fingerprint density at radius 1 is 1.50 bits per heavy atom. The van der Waals surface area contributed by atoms with Crippen LogP contribution in [0.25, 0.3) is 0 Å². The highest BCUT2D eigenvalue weighted by Gasteiger charge is 2.38. The predicted octanol–water partition coefficient (Wildman–Crippen LogP) is -0.0665. The summed E-state index contributed by atoms with van der Waals surface area (Å²) in [5.74, 6) is 0.565. The van der Waals surface area contributed by atoms with Gasteiger partial charge in [-0.1, -0.05) is 6.92 Å². The Kier molecular flexibility index (Phi) is 3.53. The third kappa shape index (κ3) is 2.74. The van der Waals surface area contributed by atoms with Crippen LogP contribution in [0.3, 0.4) is 0 Å². The molecule has 1 aliphatic carbocycles. The van der Waals surface area contributed by atoms with Gasteiger partial charge in [0.05, 0.1) is 0 Å². The molecule has 0 aromatic carbocycles. The molecule has 0 amide bonds. The maximum Gasteiger partial charge on any atom is 0.279 e. The molecule has 3 unspecified atom stereocenters. The number of aliphatic hydroxyl groups excluding tert-OH is 1. The number of aliphatic hydroxyl groups is 1. The van der Waals surface area contributed by atoms with Crippen LogP contribution in [-0.2, 0) is 10.2 Å². The second kappa shape index (κ2) is 4.60. The third-order valence-electron chi connectivity index (χ3n) is 3.49. The van der Waals surface area contributed by atoms with Gasteiger partial charge in [0.2, 0.25) is 0 Å². The van der Waals surface area contributed by atoms with Crippen LogP contribution in [0.15, 0.2) is 0 Å². The molecule has 0 radical (unpaired) electrons. The number of piperidine rings is 1. The molecule has 3 atom stereocenters. The molecule has 6 heteroatoms. The summed E-state index contributed by atoms with van der Waals surface area (Å²) in [4.78, 5) is 0. The van der Waals surface area contributed by atoms with Crippen molar-refractivity contribution in [1.82, 2.24) is 9.03 Å². The van der Waals surface area contributed by atoms with Crippen molar-refractivity contribution in [2.75, 3.05) is 19.7 Å². The predicted molar refractivity (Wildman–Crippen MR) is 61.0 cm³/mol. The van der Waals surface area contributed by atoms with E-state index in [0.717, 1.165) is 19.3 Å². The summed E-state index contributed by atoms with van der Waals surface area (Å²) < 4.78 is 28.1. The third-order valence-corrected chi connectivity index (χ3v) is 5.10. The lowest BCUT2D eigenvalue weighted by Gasteiger charge is -2.30. The Labute approximate surface area is 97.0 Å². The minimum absolute atomic E-state index is 0.0752. The molecule has 2 N–H and O–H groups in total. The lowest BCUT2D eigenvalue weighted by atomic mass is 10.0. The van der Waals surface area contributed by atoms with E-state index >= 15 is 0 Å². The van der Waals surface area contributed by atoms with Crippen molar-refractivity contribution < 1.29 is 13.5 Å². The van der Waals surface area contributed by atoms with Gasteiger partial charge >= 0.3 is 0 Å². The zero-order chi connectivity index (χ0) is 11.8. The fraction of sp³-hybridized carbons (Fsp3) is 1.00. The number of hydrogen-bond donors (Lipinski definition) is 2. The second-order valence-electron chi connectivity index (χ2n) is 4.99. The standard InChI is InChI=1S/C10H20N2O3S/c1-8-5-10(8)11-16(14,15)12-4-2-3-9(6-12)7-13/h8-11,13H,2-7H2,1H3. The highest BCUT2D eigenvalue weighted by atomic mass is 32.2. The van der Waals surface area contributed by atoms with Crippen molar-refractivity contribution in [2.24, 2.45) is 11.8 Å². The SMILES string of the molecule is CC1CC1NS(=O)(=O)N1CCCC(CO)C1. The van der Waals surface area contributed by atoms with Gasteiger partial charge in [-0.05, 0) is 31.1 Å². The lowest BCUT2D eigenvalue weighted by molar-refractivity contribution is 0.164. The van der Waals surface area contributed by atoms with Crippen LogP contribution >= 0.6 is 0 Å². The molecule has 1 saturated carbocycles. The van der Waals surface area contributed by atoms with Crippen molar-refractivity contribution in [3.63, 3.8) is 0 Å². The van der Waals surface area contributed by atoms with Crippen LogP contribution < -0.4 is 4.72 Å². The van der Waals surface area contributed by atoms with Crippen molar-refractivity contribution in [1.29, 1.82) is 0 Å². The average Bonchev–Trinajstić information content (AvgIpc) is 2.93. The fourth-order valence-electron chi connectivity index (χ4n) is 2.15. The van der Waals surface area contributed by atoms with Gasteiger partial charge in [0.25, 0.3) is 10.2 Å².